The number of fused-ring (bicyclic) bond motifs is 4. The van der Waals surface area contributed by atoms with Crippen LogP contribution in [0.25, 0.3) is 16.6 Å². The average molecular weight is 523 g/mol. The SMILES string of the molecule is N#Cc1ncn2c1COc1c-2ccc(F)c1CCN1CCN(c2cccc3nc(C(F)(F)F)ccc23)CC1. The van der Waals surface area contributed by atoms with Gasteiger partial charge in [-0.1, -0.05) is 6.07 Å². The molecule has 2 aromatic carbocycles. The molecule has 38 heavy (non-hydrogen) atoms. The highest BCUT2D eigenvalue weighted by Crippen LogP contribution is 2.36. The Hall–Kier alpha value is -4.17. The van der Waals surface area contributed by atoms with Crippen LogP contribution in [0.2, 0.25) is 0 Å². The van der Waals surface area contributed by atoms with Crippen molar-refractivity contribution >= 4 is 16.6 Å². The zero-order chi connectivity index (χ0) is 26.4. The number of hydrogen-bond donors (Lipinski definition) is 0. The second kappa shape index (κ2) is 9.29. The first-order chi connectivity index (χ1) is 18.3. The second-order valence-electron chi connectivity index (χ2n) is 9.30. The summed E-state index contributed by atoms with van der Waals surface area (Å²) in [6.45, 7) is 3.58. The first-order valence-electron chi connectivity index (χ1n) is 12.2. The lowest BCUT2D eigenvalue weighted by molar-refractivity contribution is -0.140. The Labute approximate surface area is 215 Å². The quantitative estimate of drug-likeness (QED) is 0.362. The number of benzene rings is 2. The molecule has 0 saturated carbocycles. The Morgan fingerprint density at radius 2 is 1.82 bits per heavy atom. The van der Waals surface area contributed by atoms with Crippen LogP contribution >= 0.6 is 0 Å². The number of pyridine rings is 1. The van der Waals surface area contributed by atoms with Gasteiger partial charge in [-0.3, -0.25) is 9.47 Å². The van der Waals surface area contributed by atoms with Crippen LogP contribution in [0, 0.1) is 17.1 Å². The topological polar surface area (TPSA) is 70.2 Å². The summed E-state index contributed by atoms with van der Waals surface area (Å²) in [5.74, 6) is 0.132. The van der Waals surface area contributed by atoms with Gasteiger partial charge >= 0.3 is 6.18 Å². The van der Waals surface area contributed by atoms with Gasteiger partial charge in [-0.2, -0.15) is 18.4 Å². The third-order valence-corrected chi connectivity index (χ3v) is 7.16. The van der Waals surface area contributed by atoms with Crippen molar-refractivity contribution in [2.75, 3.05) is 37.6 Å². The van der Waals surface area contributed by atoms with Crippen LogP contribution in [0.3, 0.4) is 0 Å². The second-order valence-corrected chi connectivity index (χ2v) is 9.30. The van der Waals surface area contributed by atoms with E-state index in [2.05, 4.69) is 19.8 Å². The summed E-state index contributed by atoms with van der Waals surface area (Å²) in [6, 6.07) is 12.8. The number of piperazine rings is 1. The summed E-state index contributed by atoms with van der Waals surface area (Å²) in [7, 11) is 0. The number of imidazole rings is 1. The molecule has 2 aliphatic heterocycles. The van der Waals surface area contributed by atoms with Gasteiger partial charge in [0, 0.05) is 49.4 Å². The predicted octanol–water partition coefficient (Wildman–Crippen LogP) is 4.71. The highest BCUT2D eigenvalue weighted by molar-refractivity contribution is 5.92. The van der Waals surface area contributed by atoms with E-state index in [0.717, 1.165) is 24.8 Å². The van der Waals surface area contributed by atoms with Crippen molar-refractivity contribution in [1.82, 2.24) is 19.4 Å². The number of nitrogens with zero attached hydrogens (tertiary/aromatic N) is 6. The molecular weight excluding hydrogens is 500 g/mol. The molecule has 0 unspecified atom stereocenters. The van der Waals surface area contributed by atoms with Gasteiger partial charge in [-0.05, 0) is 42.8 Å². The number of hydrogen-bond acceptors (Lipinski definition) is 6. The molecule has 4 heterocycles. The van der Waals surface area contributed by atoms with Gasteiger partial charge in [0.25, 0.3) is 0 Å². The van der Waals surface area contributed by atoms with Crippen LogP contribution in [0.4, 0.5) is 23.2 Å². The Morgan fingerprint density at radius 1 is 1.00 bits per heavy atom. The van der Waals surface area contributed by atoms with Gasteiger partial charge < -0.3 is 9.64 Å². The van der Waals surface area contributed by atoms with Crippen molar-refractivity contribution in [3.8, 4) is 17.5 Å². The maximum Gasteiger partial charge on any atom is 0.433 e. The van der Waals surface area contributed by atoms with Crippen LogP contribution in [-0.4, -0.2) is 52.2 Å². The van der Waals surface area contributed by atoms with E-state index in [-0.39, 0.29) is 12.4 Å². The van der Waals surface area contributed by atoms with E-state index in [9.17, 15) is 22.8 Å². The fraction of sp³-hybridized carbons (Fsp3) is 0.296. The molecule has 194 valence electrons. The molecule has 6 rings (SSSR count). The van der Waals surface area contributed by atoms with E-state index < -0.39 is 11.9 Å². The average Bonchev–Trinajstić information content (AvgIpc) is 3.35. The number of aromatic nitrogens is 3. The van der Waals surface area contributed by atoms with Crippen molar-refractivity contribution in [1.29, 1.82) is 5.26 Å². The molecule has 0 bridgehead atoms. The Morgan fingerprint density at radius 3 is 2.58 bits per heavy atom. The fourth-order valence-corrected chi connectivity index (χ4v) is 5.18. The maximum atomic E-state index is 14.9. The van der Waals surface area contributed by atoms with Crippen molar-refractivity contribution in [3.05, 3.63) is 77.3 Å². The standard InChI is InChI=1S/C27H22F4N6O/c28-19-5-6-23-26(38-15-24-21(14-32)33-16-37(23)24)17(19)8-9-35-10-12-36(13-11-35)22-3-1-2-20-18(22)4-7-25(34-20)27(29,30)31/h1-7,16H,8-13,15H2. The van der Waals surface area contributed by atoms with E-state index in [1.165, 1.54) is 12.1 Å². The highest BCUT2D eigenvalue weighted by atomic mass is 19.4. The lowest BCUT2D eigenvalue weighted by Crippen LogP contribution is -2.47. The van der Waals surface area contributed by atoms with Gasteiger partial charge in [-0.15, -0.1) is 0 Å². The lowest BCUT2D eigenvalue weighted by atomic mass is 10.1. The maximum absolute atomic E-state index is 14.9. The van der Waals surface area contributed by atoms with Crippen molar-refractivity contribution < 1.29 is 22.3 Å². The molecule has 7 nitrogen and oxygen atoms in total. The number of halogens is 4. The minimum atomic E-state index is -4.49. The first kappa shape index (κ1) is 24.2. The van der Waals surface area contributed by atoms with E-state index in [4.69, 9.17) is 4.74 Å². The zero-order valence-corrected chi connectivity index (χ0v) is 20.2. The molecule has 0 amide bonds. The van der Waals surface area contributed by atoms with Crippen molar-refractivity contribution in [2.24, 2.45) is 0 Å². The molecule has 0 spiro atoms. The van der Waals surface area contributed by atoms with Crippen molar-refractivity contribution in [2.45, 2.75) is 19.2 Å². The molecule has 2 aromatic heterocycles. The molecule has 11 heteroatoms. The Balaban J connectivity index is 1.15. The van der Waals surface area contributed by atoms with Crippen LogP contribution in [0.1, 0.15) is 22.6 Å². The third kappa shape index (κ3) is 4.20. The van der Waals surface area contributed by atoms with Crippen LogP contribution in [0.15, 0.2) is 48.8 Å². The fourth-order valence-electron chi connectivity index (χ4n) is 5.18. The molecule has 4 aromatic rings. The summed E-state index contributed by atoms with van der Waals surface area (Å²) in [5.41, 5.74) is 2.36. The lowest BCUT2D eigenvalue weighted by Gasteiger charge is -2.36. The predicted molar refractivity (Wildman–Crippen MR) is 132 cm³/mol. The third-order valence-electron chi connectivity index (χ3n) is 7.16. The number of anilines is 1. The summed E-state index contributed by atoms with van der Waals surface area (Å²) in [5, 5.41) is 9.93. The Kier molecular flexibility index (Phi) is 5.91. The van der Waals surface area contributed by atoms with Crippen LogP contribution in [-0.2, 0) is 19.2 Å². The number of ether oxygens (including phenoxy) is 1. The summed E-state index contributed by atoms with van der Waals surface area (Å²) in [6.07, 6.45) is -2.48. The van der Waals surface area contributed by atoms with Gasteiger partial charge in [0.05, 0.1) is 16.9 Å². The van der Waals surface area contributed by atoms with Crippen LogP contribution < -0.4 is 9.64 Å². The van der Waals surface area contributed by atoms with E-state index in [1.807, 2.05) is 12.1 Å². The minimum absolute atomic E-state index is 0.148. The molecule has 0 N–H and O–H groups in total. The molecular formula is C27H22F4N6O. The van der Waals surface area contributed by atoms with Gasteiger partial charge in [-0.25, -0.2) is 14.4 Å². The monoisotopic (exact) mass is 522 g/mol. The molecule has 1 saturated heterocycles. The van der Waals surface area contributed by atoms with E-state index in [1.54, 1.807) is 29.1 Å². The molecule has 0 radical (unpaired) electrons. The zero-order valence-electron chi connectivity index (χ0n) is 20.2. The molecule has 0 aliphatic carbocycles. The summed E-state index contributed by atoms with van der Waals surface area (Å²) in [4.78, 5) is 12.3. The highest BCUT2D eigenvalue weighted by Gasteiger charge is 2.33. The van der Waals surface area contributed by atoms with E-state index in [0.29, 0.717) is 65.3 Å². The van der Waals surface area contributed by atoms with Crippen molar-refractivity contribution in [3.63, 3.8) is 0 Å². The Bertz CT molecular complexity index is 1570. The van der Waals surface area contributed by atoms with Gasteiger partial charge in [0.1, 0.15) is 36.3 Å². The molecule has 2 aliphatic rings. The minimum Gasteiger partial charge on any atom is -0.485 e. The normalized spacial score (nSPS) is 15.6. The summed E-state index contributed by atoms with van der Waals surface area (Å²) < 4.78 is 61.8. The van der Waals surface area contributed by atoms with E-state index >= 15 is 0 Å². The summed E-state index contributed by atoms with van der Waals surface area (Å²) >= 11 is 0. The molecule has 0 atom stereocenters. The number of nitriles is 1. The van der Waals surface area contributed by atoms with Crippen LogP contribution in [0.5, 0.6) is 5.75 Å². The molecule has 1 fully saturated rings. The van der Waals surface area contributed by atoms with Gasteiger partial charge in [0.15, 0.2) is 5.69 Å². The smallest absolute Gasteiger partial charge is 0.433 e. The largest absolute Gasteiger partial charge is 0.485 e. The van der Waals surface area contributed by atoms with Gasteiger partial charge in [0.2, 0.25) is 0 Å². The number of alkyl halides is 3. The first-order valence-corrected chi connectivity index (χ1v) is 12.2. The number of rotatable bonds is 4.